The number of methoxy groups -OCH3 is 1. The molecule has 9 heteroatoms. The zero-order chi connectivity index (χ0) is 22.5. The highest BCUT2D eigenvalue weighted by Gasteiger charge is 2.18. The van der Waals surface area contributed by atoms with Gasteiger partial charge in [-0.3, -0.25) is 14.9 Å². The van der Waals surface area contributed by atoms with E-state index < -0.39 is 23.4 Å². The van der Waals surface area contributed by atoms with Gasteiger partial charge >= 0.3 is 5.97 Å². The van der Waals surface area contributed by atoms with E-state index in [0.717, 1.165) is 17.1 Å². The quantitative estimate of drug-likeness (QED) is 0.351. The minimum absolute atomic E-state index is 0.0500. The number of esters is 1. The van der Waals surface area contributed by atoms with E-state index in [0.29, 0.717) is 5.75 Å². The average molecular weight is 423 g/mol. The molecule has 0 aliphatic rings. The summed E-state index contributed by atoms with van der Waals surface area (Å²) < 4.78 is 12.1. The second-order valence-electron chi connectivity index (χ2n) is 6.77. The van der Waals surface area contributed by atoms with Gasteiger partial charge in [-0.25, -0.2) is 4.79 Å². The van der Waals surface area contributed by atoms with E-state index in [1.54, 1.807) is 18.2 Å². The van der Waals surface area contributed by atoms with Crippen molar-refractivity contribution in [2.24, 2.45) is 0 Å². The predicted molar refractivity (Wildman–Crippen MR) is 114 cm³/mol. The summed E-state index contributed by atoms with van der Waals surface area (Å²) in [6, 6.07) is 14.8. The standard InChI is InChI=1S/C22H21N3O6/c1-14-7-8-15(2)24(14)17-6-4-5-16(11-17)22(27)31-13-21(26)23-19-12-18(30-3)9-10-20(19)25(28)29/h4-12H,13H2,1-3H3,(H,23,26). The molecule has 160 valence electrons. The number of carbonyl (C=O) groups is 2. The van der Waals surface area contributed by atoms with Gasteiger partial charge in [-0.1, -0.05) is 6.07 Å². The number of nitrogens with one attached hydrogen (secondary N) is 1. The Kier molecular flexibility index (Phi) is 6.35. The molecular weight excluding hydrogens is 402 g/mol. The van der Waals surface area contributed by atoms with Crippen LogP contribution in [0.1, 0.15) is 21.7 Å². The molecule has 1 N–H and O–H groups in total. The molecule has 1 aromatic heterocycles. The number of aryl methyl sites for hydroxylation is 2. The molecular formula is C22H21N3O6. The smallest absolute Gasteiger partial charge is 0.338 e. The van der Waals surface area contributed by atoms with Crippen LogP contribution in [0.25, 0.3) is 5.69 Å². The molecule has 0 aliphatic heterocycles. The summed E-state index contributed by atoms with van der Waals surface area (Å²) in [4.78, 5) is 35.2. The first-order valence-corrected chi connectivity index (χ1v) is 9.35. The maximum atomic E-state index is 12.4. The lowest BCUT2D eigenvalue weighted by Crippen LogP contribution is -2.21. The molecule has 0 radical (unpaired) electrons. The molecule has 2 aromatic carbocycles. The van der Waals surface area contributed by atoms with Crippen LogP contribution in [0.4, 0.5) is 11.4 Å². The van der Waals surface area contributed by atoms with E-state index in [1.165, 1.54) is 25.3 Å². The Morgan fingerprint density at radius 2 is 1.77 bits per heavy atom. The zero-order valence-corrected chi connectivity index (χ0v) is 17.2. The lowest BCUT2D eigenvalue weighted by Gasteiger charge is -2.11. The number of rotatable bonds is 7. The summed E-state index contributed by atoms with van der Waals surface area (Å²) in [5.41, 5.74) is 2.76. The van der Waals surface area contributed by atoms with E-state index in [1.807, 2.05) is 36.6 Å². The fourth-order valence-corrected chi connectivity index (χ4v) is 3.15. The third kappa shape index (κ3) is 4.89. The van der Waals surface area contributed by atoms with Gasteiger partial charge in [-0.05, 0) is 50.2 Å². The van der Waals surface area contributed by atoms with E-state index in [-0.39, 0.29) is 16.9 Å². The van der Waals surface area contributed by atoms with Gasteiger partial charge in [0, 0.05) is 29.2 Å². The number of aromatic nitrogens is 1. The van der Waals surface area contributed by atoms with Crippen LogP contribution in [0, 0.1) is 24.0 Å². The third-order valence-corrected chi connectivity index (χ3v) is 4.62. The molecule has 1 heterocycles. The minimum Gasteiger partial charge on any atom is -0.497 e. The third-order valence-electron chi connectivity index (χ3n) is 4.62. The van der Waals surface area contributed by atoms with Crippen LogP contribution < -0.4 is 10.1 Å². The number of nitro benzene ring substituents is 1. The van der Waals surface area contributed by atoms with Gasteiger partial charge in [0.1, 0.15) is 11.4 Å². The molecule has 0 unspecified atom stereocenters. The van der Waals surface area contributed by atoms with Crippen molar-refractivity contribution in [1.29, 1.82) is 0 Å². The summed E-state index contributed by atoms with van der Waals surface area (Å²) in [7, 11) is 1.40. The Bertz CT molecular complexity index is 1130. The second-order valence-corrected chi connectivity index (χ2v) is 6.77. The van der Waals surface area contributed by atoms with Crippen molar-refractivity contribution in [3.8, 4) is 11.4 Å². The monoisotopic (exact) mass is 423 g/mol. The lowest BCUT2D eigenvalue weighted by atomic mass is 10.2. The Morgan fingerprint density at radius 1 is 1.06 bits per heavy atom. The normalized spacial score (nSPS) is 10.4. The van der Waals surface area contributed by atoms with E-state index in [9.17, 15) is 19.7 Å². The van der Waals surface area contributed by atoms with Crippen molar-refractivity contribution in [3.63, 3.8) is 0 Å². The first kappa shape index (κ1) is 21.6. The molecule has 3 rings (SSSR count). The summed E-state index contributed by atoms with van der Waals surface area (Å²) >= 11 is 0. The number of ether oxygens (including phenoxy) is 2. The zero-order valence-electron chi connectivity index (χ0n) is 17.2. The molecule has 0 saturated carbocycles. The SMILES string of the molecule is COc1ccc([N+](=O)[O-])c(NC(=O)COC(=O)c2cccc(-n3c(C)ccc3C)c2)c1. The molecule has 3 aromatic rings. The molecule has 0 aliphatic carbocycles. The summed E-state index contributed by atoms with van der Waals surface area (Å²) in [5.74, 6) is -1.05. The van der Waals surface area contributed by atoms with Gasteiger partial charge in [0.15, 0.2) is 6.61 Å². The molecule has 0 spiro atoms. The maximum Gasteiger partial charge on any atom is 0.338 e. The van der Waals surface area contributed by atoms with Gasteiger partial charge in [0.05, 0.1) is 17.6 Å². The topological polar surface area (TPSA) is 113 Å². The Balaban J connectivity index is 1.69. The fraction of sp³-hybridized carbons (Fsp3) is 0.182. The van der Waals surface area contributed by atoms with Gasteiger partial charge < -0.3 is 19.4 Å². The number of nitro groups is 1. The average Bonchev–Trinajstić information content (AvgIpc) is 3.09. The second kappa shape index (κ2) is 9.12. The number of amides is 1. The number of carbonyl (C=O) groups excluding carboxylic acids is 2. The molecule has 1 amide bonds. The van der Waals surface area contributed by atoms with Crippen LogP contribution in [0.15, 0.2) is 54.6 Å². The predicted octanol–water partition coefficient (Wildman–Crippen LogP) is 3.81. The summed E-state index contributed by atoms with van der Waals surface area (Å²) in [5, 5.41) is 13.5. The van der Waals surface area contributed by atoms with E-state index >= 15 is 0 Å². The number of anilines is 1. The van der Waals surface area contributed by atoms with Crippen molar-refractivity contribution < 1.29 is 24.0 Å². The first-order chi connectivity index (χ1) is 14.8. The van der Waals surface area contributed by atoms with Gasteiger partial charge in [0.25, 0.3) is 11.6 Å². The molecule has 31 heavy (non-hydrogen) atoms. The molecule has 0 bridgehead atoms. The number of nitrogens with zero attached hydrogens (tertiary/aromatic N) is 2. The van der Waals surface area contributed by atoms with Crippen LogP contribution in [-0.4, -0.2) is 35.1 Å². The van der Waals surface area contributed by atoms with Crippen molar-refractivity contribution in [2.45, 2.75) is 13.8 Å². The summed E-state index contributed by atoms with van der Waals surface area (Å²) in [6.45, 7) is 3.32. The van der Waals surface area contributed by atoms with Crippen molar-refractivity contribution in [3.05, 3.63) is 81.7 Å². The first-order valence-electron chi connectivity index (χ1n) is 9.35. The van der Waals surface area contributed by atoms with E-state index in [2.05, 4.69) is 5.32 Å². The lowest BCUT2D eigenvalue weighted by molar-refractivity contribution is -0.383. The minimum atomic E-state index is -0.710. The Hall–Kier alpha value is -4.14. The van der Waals surface area contributed by atoms with Crippen molar-refractivity contribution in [1.82, 2.24) is 4.57 Å². The maximum absolute atomic E-state index is 12.4. The van der Waals surface area contributed by atoms with Gasteiger partial charge in [-0.2, -0.15) is 0 Å². The molecule has 0 saturated heterocycles. The highest BCUT2D eigenvalue weighted by atomic mass is 16.6. The van der Waals surface area contributed by atoms with Gasteiger partial charge in [-0.15, -0.1) is 0 Å². The fourth-order valence-electron chi connectivity index (χ4n) is 3.15. The number of hydrogen-bond donors (Lipinski definition) is 1. The summed E-state index contributed by atoms with van der Waals surface area (Å²) in [6.07, 6.45) is 0. The van der Waals surface area contributed by atoms with Gasteiger partial charge in [0.2, 0.25) is 0 Å². The van der Waals surface area contributed by atoms with Crippen LogP contribution in [-0.2, 0) is 9.53 Å². The van der Waals surface area contributed by atoms with E-state index in [4.69, 9.17) is 9.47 Å². The van der Waals surface area contributed by atoms with Crippen LogP contribution in [0.2, 0.25) is 0 Å². The van der Waals surface area contributed by atoms with Crippen LogP contribution >= 0.6 is 0 Å². The van der Waals surface area contributed by atoms with Crippen LogP contribution in [0.3, 0.4) is 0 Å². The Labute approximate surface area is 178 Å². The largest absolute Gasteiger partial charge is 0.497 e. The number of hydrogen-bond acceptors (Lipinski definition) is 6. The highest BCUT2D eigenvalue weighted by Crippen LogP contribution is 2.28. The Morgan fingerprint density at radius 3 is 2.42 bits per heavy atom. The molecule has 0 fully saturated rings. The van der Waals surface area contributed by atoms with Crippen molar-refractivity contribution >= 4 is 23.3 Å². The molecule has 0 atom stereocenters. The molecule has 9 nitrogen and oxygen atoms in total. The number of benzene rings is 2. The van der Waals surface area contributed by atoms with Crippen molar-refractivity contribution in [2.75, 3.05) is 19.0 Å². The highest BCUT2D eigenvalue weighted by molar-refractivity contribution is 5.97. The van der Waals surface area contributed by atoms with Crippen LogP contribution in [0.5, 0.6) is 5.75 Å².